The Labute approximate surface area is 201 Å². The second kappa shape index (κ2) is 11.4. The molecule has 1 aliphatic heterocycles. The molecule has 0 radical (unpaired) electrons. The number of aliphatic hydroxyl groups excluding tert-OH is 1. The molecule has 1 aromatic heterocycles. The summed E-state index contributed by atoms with van der Waals surface area (Å²) < 4.78 is 5.34. The van der Waals surface area contributed by atoms with Crippen LogP contribution in [0, 0.1) is 11.8 Å². The van der Waals surface area contributed by atoms with Gasteiger partial charge in [-0.3, -0.25) is 9.78 Å². The summed E-state index contributed by atoms with van der Waals surface area (Å²) >= 11 is 0. The van der Waals surface area contributed by atoms with E-state index in [-0.39, 0.29) is 5.92 Å². The van der Waals surface area contributed by atoms with E-state index in [2.05, 4.69) is 34.1 Å². The van der Waals surface area contributed by atoms with E-state index in [4.69, 9.17) is 4.74 Å². The van der Waals surface area contributed by atoms with Crippen molar-refractivity contribution in [2.75, 3.05) is 26.7 Å². The number of methoxy groups -OCH3 is 1. The Balaban J connectivity index is 1.34. The molecule has 3 aromatic rings. The number of fused-ring (bicyclic) bond motifs is 1. The molecule has 2 heterocycles. The van der Waals surface area contributed by atoms with Crippen LogP contribution in [0.3, 0.4) is 0 Å². The third kappa shape index (κ3) is 5.93. The Morgan fingerprint density at radius 1 is 1.21 bits per heavy atom. The number of hydrogen-bond acceptors (Lipinski definition) is 5. The van der Waals surface area contributed by atoms with E-state index in [1.165, 1.54) is 5.56 Å². The van der Waals surface area contributed by atoms with Crippen LogP contribution in [-0.2, 0) is 11.2 Å². The number of aryl methyl sites for hydroxylation is 1. The first-order chi connectivity index (χ1) is 16.5. The van der Waals surface area contributed by atoms with Gasteiger partial charge in [-0.2, -0.15) is 0 Å². The monoisotopic (exact) mass is 462 g/mol. The number of aliphatic hydroxyl groups is 1. The van der Waals surface area contributed by atoms with Gasteiger partial charge in [0.15, 0.2) is 0 Å². The predicted octanol–water partition coefficient (Wildman–Crippen LogP) is 4.71. The molecular formula is C28H34N2O4. The normalized spacial score (nSPS) is 19.7. The van der Waals surface area contributed by atoms with Crippen molar-refractivity contribution in [3.05, 3.63) is 71.9 Å². The molecule has 2 N–H and O–H groups in total. The fourth-order valence-electron chi connectivity index (χ4n) is 5.14. The highest BCUT2D eigenvalue weighted by atomic mass is 16.5. The van der Waals surface area contributed by atoms with Crippen LogP contribution in [0.2, 0.25) is 0 Å². The number of nitrogens with zero attached hydrogens (tertiary/aromatic N) is 2. The highest BCUT2D eigenvalue weighted by Gasteiger charge is 2.34. The summed E-state index contributed by atoms with van der Waals surface area (Å²) in [5.74, 6) is -0.335. The van der Waals surface area contributed by atoms with E-state index in [1.54, 1.807) is 13.3 Å². The zero-order valence-corrected chi connectivity index (χ0v) is 19.8. The number of likely N-dealkylation sites (tertiary alicyclic amines) is 1. The minimum Gasteiger partial charge on any atom is -0.497 e. The highest BCUT2D eigenvalue weighted by molar-refractivity contribution is 5.83. The highest BCUT2D eigenvalue weighted by Crippen LogP contribution is 2.33. The van der Waals surface area contributed by atoms with E-state index in [0.717, 1.165) is 54.6 Å². The van der Waals surface area contributed by atoms with E-state index in [0.29, 0.717) is 19.4 Å². The Bertz CT molecular complexity index is 1090. The number of benzene rings is 2. The van der Waals surface area contributed by atoms with Crippen molar-refractivity contribution in [3.63, 3.8) is 0 Å². The maximum Gasteiger partial charge on any atom is 0.308 e. The summed E-state index contributed by atoms with van der Waals surface area (Å²) in [6.45, 7) is 2.41. The third-order valence-electron chi connectivity index (χ3n) is 7.09. The summed E-state index contributed by atoms with van der Waals surface area (Å²) in [5.41, 5.74) is 2.95. The lowest BCUT2D eigenvalue weighted by Crippen LogP contribution is -2.44. The minimum absolute atomic E-state index is 0.0696. The molecule has 6 heteroatoms. The molecule has 1 aliphatic rings. The molecular weight excluding hydrogens is 428 g/mol. The van der Waals surface area contributed by atoms with E-state index < -0.39 is 18.0 Å². The first-order valence-electron chi connectivity index (χ1n) is 12.1. The lowest BCUT2D eigenvalue weighted by Gasteiger charge is -2.37. The molecule has 3 atom stereocenters. The molecule has 0 unspecified atom stereocenters. The van der Waals surface area contributed by atoms with Crippen molar-refractivity contribution in [2.45, 2.75) is 38.2 Å². The molecule has 1 fully saturated rings. The number of ether oxygens (including phenoxy) is 1. The van der Waals surface area contributed by atoms with Gasteiger partial charge in [0.2, 0.25) is 0 Å². The van der Waals surface area contributed by atoms with Crippen molar-refractivity contribution < 1.29 is 19.7 Å². The van der Waals surface area contributed by atoms with Gasteiger partial charge in [0.25, 0.3) is 0 Å². The second-order valence-corrected chi connectivity index (χ2v) is 9.26. The topological polar surface area (TPSA) is 82.9 Å². The van der Waals surface area contributed by atoms with Crippen LogP contribution < -0.4 is 4.74 Å². The lowest BCUT2D eigenvalue weighted by molar-refractivity contribution is -0.146. The van der Waals surface area contributed by atoms with Crippen LogP contribution >= 0.6 is 0 Å². The summed E-state index contributed by atoms with van der Waals surface area (Å²) in [5, 5.41) is 21.8. The SMILES string of the molecule is COc1ccc2nccc([C@@H](O)CC[C@@H]3CCN(CCCc4ccccc4)C[C@@H]3C(=O)O)c2c1. The summed E-state index contributed by atoms with van der Waals surface area (Å²) in [4.78, 5) is 18.7. The maximum absolute atomic E-state index is 12.1. The molecule has 180 valence electrons. The maximum atomic E-state index is 12.1. The van der Waals surface area contributed by atoms with Crippen LogP contribution in [-0.4, -0.2) is 52.8 Å². The number of carboxylic acids is 1. The predicted molar refractivity (Wildman–Crippen MR) is 133 cm³/mol. The zero-order chi connectivity index (χ0) is 23.9. The quantitative estimate of drug-likeness (QED) is 0.454. The van der Waals surface area contributed by atoms with E-state index in [1.807, 2.05) is 30.3 Å². The number of pyridine rings is 1. The number of carbonyl (C=O) groups is 1. The van der Waals surface area contributed by atoms with Gasteiger partial charge in [-0.25, -0.2) is 0 Å². The molecule has 2 aromatic carbocycles. The number of hydrogen-bond donors (Lipinski definition) is 2. The van der Waals surface area contributed by atoms with Crippen LogP contribution in [0.5, 0.6) is 5.75 Å². The van der Waals surface area contributed by atoms with Crippen LogP contribution in [0.25, 0.3) is 10.9 Å². The van der Waals surface area contributed by atoms with Crippen molar-refractivity contribution >= 4 is 16.9 Å². The van der Waals surface area contributed by atoms with Crippen molar-refractivity contribution in [1.29, 1.82) is 0 Å². The number of rotatable bonds is 10. The first-order valence-corrected chi connectivity index (χ1v) is 12.1. The van der Waals surface area contributed by atoms with Crippen molar-refractivity contribution in [2.24, 2.45) is 11.8 Å². The van der Waals surface area contributed by atoms with Crippen LogP contribution in [0.15, 0.2) is 60.8 Å². The molecule has 6 nitrogen and oxygen atoms in total. The van der Waals surface area contributed by atoms with Gasteiger partial charge in [-0.05, 0) is 86.5 Å². The molecule has 34 heavy (non-hydrogen) atoms. The third-order valence-corrected chi connectivity index (χ3v) is 7.09. The van der Waals surface area contributed by atoms with Gasteiger partial charge < -0.3 is 19.8 Å². The molecule has 4 rings (SSSR count). The van der Waals surface area contributed by atoms with Gasteiger partial charge >= 0.3 is 5.97 Å². The second-order valence-electron chi connectivity index (χ2n) is 9.26. The summed E-state index contributed by atoms with van der Waals surface area (Å²) in [7, 11) is 1.62. The number of aliphatic carboxylic acids is 1. The van der Waals surface area contributed by atoms with Crippen molar-refractivity contribution in [1.82, 2.24) is 9.88 Å². The van der Waals surface area contributed by atoms with Gasteiger partial charge in [-0.15, -0.1) is 0 Å². The fourth-order valence-corrected chi connectivity index (χ4v) is 5.14. The minimum atomic E-state index is -0.730. The first kappa shape index (κ1) is 24.2. The Morgan fingerprint density at radius 3 is 2.79 bits per heavy atom. The van der Waals surface area contributed by atoms with Crippen molar-refractivity contribution in [3.8, 4) is 5.75 Å². The Morgan fingerprint density at radius 2 is 2.03 bits per heavy atom. The molecule has 0 aliphatic carbocycles. The average Bonchev–Trinajstić information content (AvgIpc) is 2.87. The number of aromatic nitrogens is 1. The average molecular weight is 463 g/mol. The molecule has 0 spiro atoms. The van der Waals surface area contributed by atoms with Crippen LogP contribution in [0.1, 0.15) is 42.9 Å². The van der Waals surface area contributed by atoms with Gasteiger partial charge in [0.1, 0.15) is 5.75 Å². The Hall–Kier alpha value is -2.96. The standard InChI is InChI=1S/C28H34N2O4/c1-34-22-10-11-26-24(18-22)23(13-15-29-26)27(31)12-9-21-14-17-30(19-25(21)28(32)33)16-5-8-20-6-3-2-4-7-20/h2-4,6-7,10-11,13,15,18,21,25,27,31H,5,8-9,12,14,16-17,19H2,1H3,(H,32,33)/t21-,25+,27+/m1/s1. The molecule has 0 saturated carbocycles. The van der Waals surface area contributed by atoms with E-state index in [9.17, 15) is 15.0 Å². The molecule has 1 saturated heterocycles. The fraction of sp³-hybridized carbons (Fsp3) is 0.429. The number of piperidine rings is 1. The largest absolute Gasteiger partial charge is 0.497 e. The van der Waals surface area contributed by atoms with Crippen LogP contribution in [0.4, 0.5) is 0 Å². The van der Waals surface area contributed by atoms with Gasteiger partial charge in [-0.1, -0.05) is 30.3 Å². The molecule has 0 amide bonds. The summed E-state index contributed by atoms with van der Waals surface area (Å²) in [6.07, 6.45) is 5.13. The lowest BCUT2D eigenvalue weighted by atomic mass is 9.81. The Kier molecular flexibility index (Phi) is 8.14. The summed E-state index contributed by atoms with van der Waals surface area (Å²) in [6, 6.07) is 17.9. The smallest absolute Gasteiger partial charge is 0.308 e. The molecule has 0 bridgehead atoms. The zero-order valence-electron chi connectivity index (χ0n) is 19.8. The van der Waals surface area contributed by atoms with E-state index >= 15 is 0 Å². The van der Waals surface area contributed by atoms with Gasteiger partial charge in [0, 0.05) is 18.1 Å². The number of carboxylic acid groups (broad SMARTS) is 1. The van der Waals surface area contributed by atoms with Gasteiger partial charge in [0.05, 0.1) is 24.6 Å².